The second kappa shape index (κ2) is 16.2. The van der Waals surface area contributed by atoms with Gasteiger partial charge in [-0.1, -0.05) is 67.2 Å². The van der Waals surface area contributed by atoms with E-state index in [0.29, 0.717) is 52.9 Å². The predicted octanol–water partition coefficient (Wildman–Crippen LogP) is 9.47. The van der Waals surface area contributed by atoms with Crippen LogP contribution in [0.15, 0.2) is 140 Å². The van der Waals surface area contributed by atoms with Gasteiger partial charge in [0.2, 0.25) is 0 Å². The first kappa shape index (κ1) is 32.9. The van der Waals surface area contributed by atoms with Crippen LogP contribution in [0.1, 0.15) is 25.7 Å². The summed E-state index contributed by atoms with van der Waals surface area (Å²) in [6.45, 7) is 4.75. The van der Waals surface area contributed by atoms with E-state index in [9.17, 15) is 9.59 Å². The Morgan fingerprint density at radius 2 is 1.12 bits per heavy atom. The van der Waals surface area contributed by atoms with Gasteiger partial charge in [-0.15, -0.1) is 11.8 Å². The Kier molecular flexibility index (Phi) is 11.1. The van der Waals surface area contributed by atoms with Gasteiger partial charge in [-0.3, -0.25) is 0 Å². The van der Waals surface area contributed by atoms with Crippen molar-refractivity contribution in [3.8, 4) is 33.8 Å². The first-order valence-electron chi connectivity index (χ1n) is 15.9. The molecular weight excluding hydrogens is 625 g/mol. The largest absolute Gasteiger partial charge is 0.493 e. The molecule has 8 heteroatoms. The zero-order chi connectivity index (χ0) is 33.1. The third kappa shape index (κ3) is 8.45. The highest BCUT2D eigenvalue weighted by molar-refractivity contribution is 8.01. The minimum absolute atomic E-state index is 0.0294. The fourth-order valence-electron chi connectivity index (χ4n) is 5.50. The molecule has 0 spiro atoms. The summed E-state index contributed by atoms with van der Waals surface area (Å²) in [5, 5.41) is 3.44. The van der Waals surface area contributed by atoms with Crippen molar-refractivity contribution in [2.45, 2.75) is 31.8 Å². The van der Waals surface area contributed by atoms with E-state index in [1.807, 2.05) is 97.1 Å². The molecule has 0 radical (unpaired) electrons. The number of hydrogen-bond acceptors (Lipinski definition) is 8. The highest BCUT2D eigenvalue weighted by Gasteiger charge is 2.12. The smallest absolute Gasteiger partial charge is 0.344 e. The second-order valence-corrected chi connectivity index (χ2v) is 12.1. The maximum Gasteiger partial charge on any atom is 0.344 e. The molecule has 7 nitrogen and oxygen atoms in total. The van der Waals surface area contributed by atoms with E-state index in [0.717, 1.165) is 47.6 Å². The quantitative estimate of drug-likeness (QED) is 0.0576. The van der Waals surface area contributed by atoms with Crippen molar-refractivity contribution < 1.29 is 23.0 Å². The Hall–Kier alpha value is -5.05. The van der Waals surface area contributed by atoms with Crippen molar-refractivity contribution in [2.75, 3.05) is 19.2 Å². The Morgan fingerprint density at radius 1 is 0.646 bits per heavy atom. The van der Waals surface area contributed by atoms with Crippen LogP contribution in [0.2, 0.25) is 0 Å². The van der Waals surface area contributed by atoms with Crippen LogP contribution in [0.4, 0.5) is 0 Å². The summed E-state index contributed by atoms with van der Waals surface area (Å²) in [5.41, 5.74) is 2.94. The Bertz CT molecular complexity index is 1940. The molecule has 2 aromatic heterocycles. The molecular formula is C40H36O7S. The molecule has 0 fully saturated rings. The lowest BCUT2D eigenvalue weighted by atomic mass is 10.1. The molecule has 6 rings (SSSR count). The number of thioether (sulfide) groups is 1. The first-order valence-corrected chi connectivity index (χ1v) is 17.0. The molecule has 244 valence electrons. The third-order valence-corrected chi connectivity index (χ3v) is 8.46. The topological polar surface area (TPSA) is 88.1 Å². The van der Waals surface area contributed by atoms with Gasteiger partial charge in [-0.25, -0.2) is 9.59 Å². The summed E-state index contributed by atoms with van der Waals surface area (Å²) in [4.78, 5) is 25.3. The Balaban J connectivity index is 0.991. The number of ether oxygens (including phenoxy) is 3. The van der Waals surface area contributed by atoms with Crippen LogP contribution >= 0.6 is 11.8 Å². The van der Waals surface area contributed by atoms with Crippen molar-refractivity contribution in [1.29, 1.82) is 0 Å². The van der Waals surface area contributed by atoms with Gasteiger partial charge < -0.3 is 23.0 Å². The molecule has 0 aliphatic heterocycles. The summed E-state index contributed by atoms with van der Waals surface area (Å²) < 4.78 is 29.4. The average molecular weight is 661 g/mol. The van der Waals surface area contributed by atoms with Crippen molar-refractivity contribution in [3.05, 3.63) is 142 Å². The SMILES string of the molecule is C=CSCOC(CCCOc1ccc2cc(-c3ccccc3)c(=O)oc2c1)CCCOc1ccc2cc(-c3ccccc3)c(=O)oc2c1. The molecule has 0 bridgehead atoms. The van der Waals surface area contributed by atoms with Gasteiger partial charge in [0, 0.05) is 22.9 Å². The summed E-state index contributed by atoms with van der Waals surface area (Å²) in [5.74, 6) is 1.82. The molecule has 6 aromatic rings. The van der Waals surface area contributed by atoms with E-state index in [1.165, 1.54) is 11.8 Å². The fraction of sp³-hybridized carbons (Fsp3) is 0.200. The third-order valence-electron chi connectivity index (χ3n) is 7.95. The lowest BCUT2D eigenvalue weighted by molar-refractivity contribution is 0.0664. The predicted molar refractivity (Wildman–Crippen MR) is 193 cm³/mol. The lowest BCUT2D eigenvalue weighted by Crippen LogP contribution is -2.16. The van der Waals surface area contributed by atoms with Crippen molar-refractivity contribution in [2.24, 2.45) is 0 Å². The normalized spacial score (nSPS) is 11.3. The molecule has 0 atom stereocenters. The van der Waals surface area contributed by atoms with E-state index >= 15 is 0 Å². The minimum Gasteiger partial charge on any atom is -0.493 e. The van der Waals surface area contributed by atoms with Gasteiger partial charge in [0.1, 0.15) is 22.7 Å². The van der Waals surface area contributed by atoms with E-state index in [4.69, 9.17) is 23.0 Å². The highest BCUT2D eigenvalue weighted by atomic mass is 32.2. The maximum absolute atomic E-state index is 12.6. The van der Waals surface area contributed by atoms with E-state index in [-0.39, 0.29) is 17.4 Å². The van der Waals surface area contributed by atoms with Crippen molar-refractivity contribution >= 4 is 33.7 Å². The van der Waals surface area contributed by atoms with Crippen molar-refractivity contribution in [1.82, 2.24) is 0 Å². The molecule has 0 unspecified atom stereocenters. The highest BCUT2D eigenvalue weighted by Crippen LogP contribution is 2.26. The summed E-state index contributed by atoms with van der Waals surface area (Å²) in [6, 6.07) is 33.8. The molecule has 0 amide bonds. The van der Waals surface area contributed by atoms with Crippen LogP contribution < -0.4 is 20.7 Å². The molecule has 0 aliphatic carbocycles. The zero-order valence-corrected chi connectivity index (χ0v) is 27.3. The van der Waals surface area contributed by atoms with E-state index in [1.54, 1.807) is 17.5 Å². The number of hydrogen-bond donors (Lipinski definition) is 0. The number of rotatable bonds is 16. The van der Waals surface area contributed by atoms with Crippen molar-refractivity contribution in [3.63, 3.8) is 0 Å². The number of fused-ring (bicyclic) bond motifs is 2. The Labute approximate surface area is 282 Å². The lowest BCUT2D eigenvalue weighted by Gasteiger charge is -2.18. The van der Waals surface area contributed by atoms with Gasteiger partial charge in [0.05, 0.1) is 36.4 Å². The van der Waals surface area contributed by atoms with Gasteiger partial charge in [0.15, 0.2) is 0 Å². The fourth-order valence-corrected chi connectivity index (χ4v) is 5.86. The molecule has 0 saturated carbocycles. The van der Waals surface area contributed by atoms with Crippen LogP contribution in [0.5, 0.6) is 11.5 Å². The molecule has 4 aromatic carbocycles. The van der Waals surface area contributed by atoms with Crippen LogP contribution in [0.25, 0.3) is 44.2 Å². The van der Waals surface area contributed by atoms with Gasteiger partial charge in [-0.2, -0.15) is 0 Å². The van der Waals surface area contributed by atoms with Crippen LogP contribution in [0.3, 0.4) is 0 Å². The van der Waals surface area contributed by atoms with Crippen LogP contribution in [-0.4, -0.2) is 25.3 Å². The van der Waals surface area contributed by atoms with Crippen LogP contribution in [0, 0.1) is 0 Å². The first-order chi connectivity index (χ1) is 23.6. The van der Waals surface area contributed by atoms with Gasteiger partial charge >= 0.3 is 11.3 Å². The summed E-state index contributed by atoms with van der Waals surface area (Å²) in [6.07, 6.45) is 3.22. The standard InChI is InChI=1S/C40H36O7S/c1-2-48-27-45-32(15-9-21-43-33-19-17-30-23-35(28-11-5-3-6-12-28)39(41)46-37(30)25-33)16-10-22-44-34-20-18-31-24-36(29-13-7-4-8-14-29)40(42)47-38(31)26-34/h2-8,11-14,17-20,23-26,32H,1,9-10,15-16,21-22,27H2. The molecule has 2 heterocycles. The maximum atomic E-state index is 12.6. The Morgan fingerprint density at radius 3 is 1.58 bits per heavy atom. The van der Waals surface area contributed by atoms with E-state index < -0.39 is 0 Å². The molecule has 48 heavy (non-hydrogen) atoms. The molecule has 0 N–H and O–H groups in total. The number of benzene rings is 4. The van der Waals surface area contributed by atoms with Crippen LogP contribution in [-0.2, 0) is 4.74 Å². The monoisotopic (exact) mass is 660 g/mol. The molecule has 0 saturated heterocycles. The summed E-state index contributed by atoms with van der Waals surface area (Å²) in [7, 11) is 0. The zero-order valence-electron chi connectivity index (χ0n) is 26.5. The van der Waals surface area contributed by atoms with Gasteiger partial charge in [-0.05, 0) is 78.6 Å². The molecule has 0 aliphatic rings. The average Bonchev–Trinajstić information content (AvgIpc) is 3.11. The van der Waals surface area contributed by atoms with Gasteiger partial charge in [0.25, 0.3) is 0 Å². The van der Waals surface area contributed by atoms with E-state index in [2.05, 4.69) is 6.58 Å². The minimum atomic E-state index is -0.378. The summed E-state index contributed by atoms with van der Waals surface area (Å²) >= 11 is 1.52. The second-order valence-electron chi connectivity index (χ2n) is 11.2.